The second-order valence-electron chi connectivity index (χ2n) is 5.19. The van der Waals surface area contributed by atoms with E-state index in [0.29, 0.717) is 0 Å². The number of rotatable bonds is 6. The molecule has 0 aliphatic heterocycles. The minimum absolute atomic E-state index is 0.146. The van der Waals surface area contributed by atoms with Crippen molar-refractivity contribution in [1.82, 2.24) is 0 Å². The molecule has 19 heavy (non-hydrogen) atoms. The predicted molar refractivity (Wildman–Crippen MR) is 77.9 cm³/mol. The topological polar surface area (TPSA) is 44.5 Å². The molecule has 3 heteroatoms. The molecule has 2 N–H and O–H groups in total. The van der Waals surface area contributed by atoms with Gasteiger partial charge in [0.25, 0.3) is 0 Å². The SMILES string of the molecule is CCCOc1cc2c(cc1OCCC)C(N)CCC2. The average molecular weight is 263 g/mol. The van der Waals surface area contributed by atoms with Crippen molar-refractivity contribution in [3.05, 3.63) is 23.3 Å². The summed E-state index contributed by atoms with van der Waals surface area (Å²) < 4.78 is 11.6. The Hall–Kier alpha value is -1.22. The summed E-state index contributed by atoms with van der Waals surface area (Å²) in [5.74, 6) is 1.73. The fraction of sp³-hybridized carbons (Fsp3) is 0.625. The van der Waals surface area contributed by atoms with Gasteiger partial charge in [-0.3, -0.25) is 0 Å². The Labute approximate surface area is 116 Å². The number of nitrogens with two attached hydrogens (primary N) is 1. The van der Waals surface area contributed by atoms with Crippen molar-refractivity contribution in [2.45, 2.75) is 52.0 Å². The third-order valence-corrected chi connectivity index (χ3v) is 3.49. The summed E-state index contributed by atoms with van der Waals surface area (Å²) in [4.78, 5) is 0. The molecule has 0 amide bonds. The molecule has 1 aliphatic rings. The van der Waals surface area contributed by atoms with Crippen LogP contribution in [0.2, 0.25) is 0 Å². The van der Waals surface area contributed by atoms with Crippen molar-refractivity contribution in [2.24, 2.45) is 5.73 Å². The van der Waals surface area contributed by atoms with Crippen LogP contribution < -0.4 is 15.2 Å². The molecule has 1 aromatic carbocycles. The third kappa shape index (κ3) is 3.41. The number of fused-ring (bicyclic) bond motifs is 1. The summed E-state index contributed by atoms with van der Waals surface area (Å²) in [5, 5.41) is 0. The highest BCUT2D eigenvalue weighted by atomic mass is 16.5. The molecule has 1 aromatic rings. The van der Waals surface area contributed by atoms with E-state index >= 15 is 0 Å². The Kier molecular flexibility index (Phi) is 5.08. The van der Waals surface area contributed by atoms with Crippen molar-refractivity contribution in [1.29, 1.82) is 0 Å². The standard InChI is InChI=1S/C16H25NO2/c1-3-8-18-15-10-12-6-5-7-14(17)13(12)11-16(15)19-9-4-2/h10-11,14H,3-9,17H2,1-2H3. The first-order chi connectivity index (χ1) is 9.26. The van der Waals surface area contributed by atoms with Crippen molar-refractivity contribution in [2.75, 3.05) is 13.2 Å². The summed E-state index contributed by atoms with van der Waals surface area (Å²) in [6.45, 7) is 5.67. The van der Waals surface area contributed by atoms with Crippen LogP contribution in [-0.4, -0.2) is 13.2 Å². The lowest BCUT2D eigenvalue weighted by molar-refractivity contribution is 0.267. The highest BCUT2D eigenvalue weighted by Crippen LogP contribution is 2.37. The van der Waals surface area contributed by atoms with Crippen LogP contribution in [0.3, 0.4) is 0 Å². The number of hydrogen-bond acceptors (Lipinski definition) is 3. The summed E-state index contributed by atoms with van der Waals surface area (Å²) in [5.41, 5.74) is 8.76. The highest BCUT2D eigenvalue weighted by molar-refractivity contribution is 5.49. The molecule has 0 spiro atoms. The normalized spacial score (nSPS) is 17.9. The summed E-state index contributed by atoms with van der Waals surface area (Å²) >= 11 is 0. The molecule has 0 bridgehead atoms. The van der Waals surface area contributed by atoms with Crippen LogP contribution in [0.25, 0.3) is 0 Å². The number of benzene rings is 1. The summed E-state index contributed by atoms with van der Waals surface area (Å²) in [6, 6.07) is 4.38. The van der Waals surface area contributed by atoms with E-state index in [2.05, 4.69) is 26.0 Å². The first-order valence-corrected chi connectivity index (χ1v) is 7.44. The van der Waals surface area contributed by atoms with E-state index in [4.69, 9.17) is 15.2 Å². The fourth-order valence-electron chi connectivity index (χ4n) is 2.50. The molecule has 0 heterocycles. The van der Waals surface area contributed by atoms with E-state index in [0.717, 1.165) is 56.8 Å². The number of hydrogen-bond donors (Lipinski definition) is 1. The number of ether oxygens (including phenoxy) is 2. The molecule has 0 radical (unpaired) electrons. The molecule has 0 saturated heterocycles. The smallest absolute Gasteiger partial charge is 0.161 e. The quantitative estimate of drug-likeness (QED) is 0.853. The van der Waals surface area contributed by atoms with Gasteiger partial charge in [-0.1, -0.05) is 13.8 Å². The Morgan fingerprint density at radius 2 is 1.74 bits per heavy atom. The van der Waals surface area contributed by atoms with Crippen molar-refractivity contribution >= 4 is 0 Å². The Bertz CT molecular complexity index is 417. The molecule has 1 unspecified atom stereocenters. The Morgan fingerprint density at radius 1 is 1.11 bits per heavy atom. The Balaban J connectivity index is 2.28. The molecule has 106 valence electrons. The van der Waals surface area contributed by atoms with Gasteiger partial charge in [-0.15, -0.1) is 0 Å². The van der Waals surface area contributed by atoms with Crippen LogP contribution in [0.15, 0.2) is 12.1 Å². The minimum atomic E-state index is 0.146. The zero-order valence-electron chi connectivity index (χ0n) is 12.1. The van der Waals surface area contributed by atoms with Crippen LogP contribution in [-0.2, 0) is 6.42 Å². The molecular weight excluding hydrogens is 238 g/mol. The van der Waals surface area contributed by atoms with Gasteiger partial charge in [0.05, 0.1) is 13.2 Å². The lowest BCUT2D eigenvalue weighted by Crippen LogP contribution is -2.18. The maximum Gasteiger partial charge on any atom is 0.161 e. The van der Waals surface area contributed by atoms with Gasteiger partial charge >= 0.3 is 0 Å². The first-order valence-electron chi connectivity index (χ1n) is 7.44. The molecule has 0 fully saturated rings. The highest BCUT2D eigenvalue weighted by Gasteiger charge is 2.20. The van der Waals surface area contributed by atoms with Crippen LogP contribution in [0.4, 0.5) is 0 Å². The van der Waals surface area contributed by atoms with E-state index in [1.165, 1.54) is 11.1 Å². The van der Waals surface area contributed by atoms with Crippen LogP contribution >= 0.6 is 0 Å². The van der Waals surface area contributed by atoms with Crippen molar-refractivity contribution in [3.8, 4) is 11.5 Å². The second-order valence-corrected chi connectivity index (χ2v) is 5.19. The van der Waals surface area contributed by atoms with Crippen molar-refractivity contribution in [3.63, 3.8) is 0 Å². The molecule has 1 aliphatic carbocycles. The van der Waals surface area contributed by atoms with Crippen LogP contribution in [0.5, 0.6) is 11.5 Å². The van der Waals surface area contributed by atoms with E-state index in [1.54, 1.807) is 0 Å². The molecule has 3 nitrogen and oxygen atoms in total. The maximum absolute atomic E-state index is 6.20. The monoisotopic (exact) mass is 263 g/mol. The predicted octanol–water partition coefficient (Wildman–Crippen LogP) is 3.60. The zero-order valence-corrected chi connectivity index (χ0v) is 12.1. The third-order valence-electron chi connectivity index (χ3n) is 3.49. The first kappa shape index (κ1) is 14.2. The largest absolute Gasteiger partial charge is 0.490 e. The van der Waals surface area contributed by atoms with Gasteiger partial charge in [0.1, 0.15) is 0 Å². The summed E-state index contributed by atoms with van der Waals surface area (Å²) in [7, 11) is 0. The zero-order chi connectivity index (χ0) is 13.7. The average Bonchev–Trinajstić information content (AvgIpc) is 2.43. The Morgan fingerprint density at radius 3 is 2.37 bits per heavy atom. The molecule has 2 rings (SSSR count). The van der Waals surface area contributed by atoms with Gasteiger partial charge < -0.3 is 15.2 Å². The molecule has 0 aromatic heterocycles. The van der Waals surface area contributed by atoms with Crippen molar-refractivity contribution < 1.29 is 9.47 Å². The van der Waals surface area contributed by atoms with Gasteiger partial charge in [-0.25, -0.2) is 0 Å². The van der Waals surface area contributed by atoms with Crippen LogP contribution in [0, 0.1) is 0 Å². The second kappa shape index (κ2) is 6.80. The van der Waals surface area contributed by atoms with E-state index in [1.807, 2.05) is 0 Å². The van der Waals surface area contributed by atoms with Gasteiger partial charge in [0.15, 0.2) is 11.5 Å². The minimum Gasteiger partial charge on any atom is -0.490 e. The van der Waals surface area contributed by atoms with E-state index in [-0.39, 0.29) is 6.04 Å². The van der Waals surface area contributed by atoms with E-state index < -0.39 is 0 Å². The molecular formula is C16H25NO2. The van der Waals surface area contributed by atoms with Gasteiger partial charge in [-0.05, 0) is 55.4 Å². The molecule has 1 atom stereocenters. The maximum atomic E-state index is 6.20. The molecule has 0 saturated carbocycles. The fourth-order valence-corrected chi connectivity index (χ4v) is 2.50. The lowest BCUT2D eigenvalue weighted by Gasteiger charge is -2.24. The number of aryl methyl sites for hydroxylation is 1. The van der Waals surface area contributed by atoms with E-state index in [9.17, 15) is 0 Å². The lowest BCUT2D eigenvalue weighted by atomic mass is 9.88. The van der Waals surface area contributed by atoms with Gasteiger partial charge in [-0.2, -0.15) is 0 Å². The van der Waals surface area contributed by atoms with Crippen LogP contribution in [0.1, 0.15) is 56.7 Å². The summed E-state index contributed by atoms with van der Waals surface area (Å²) in [6.07, 6.45) is 5.33. The van der Waals surface area contributed by atoms with Gasteiger partial charge in [0.2, 0.25) is 0 Å². The van der Waals surface area contributed by atoms with Gasteiger partial charge in [0, 0.05) is 6.04 Å².